The van der Waals surface area contributed by atoms with Crippen LogP contribution in [0.15, 0.2) is 25.3 Å². The van der Waals surface area contributed by atoms with E-state index in [9.17, 15) is 68.1 Å². The van der Waals surface area contributed by atoms with Gasteiger partial charge in [-0.1, -0.05) is 25.6 Å². The molecule has 4 aromatic rings. The van der Waals surface area contributed by atoms with Crippen molar-refractivity contribution in [2.24, 2.45) is 16.9 Å². The van der Waals surface area contributed by atoms with E-state index in [1.807, 2.05) is 0 Å². The summed E-state index contributed by atoms with van der Waals surface area (Å²) in [5.74, 6) is -1.35. The van der Waals surface area contributed by atoms with Gasteiger partial charge in [0.15, 0.2) is 35.4 Å². The molecule has 0 radical (unpaired) electrons. The number of carbonyl (C=O) groups excluding carboxylic acids is 3. The summed E-state index contributed by atoms with van der Waals surface area (Å²) < 4.78 is 69.8. The van der Waals surface area contributed by atoms with Crippen LogP contribution in [0.25, 0.3) is 22.3 Å². The van der Waals surface area contributed by atoms with Gasteiger partial charge in [-0.3, -0.25) is 37.1 Å². The van der Waals surface area contributed by atoms with Crippen molar-refractivity contribution in [3.05, 3.63) is 25.3 Å². The fourth-order valence-electron chi connectivity index (χ4n) is 7.53. The Morgan fingerprint density at radius 2 is 1.36 bits per heavy atom. The minimum atomic E-state index is -5.62. The Bertz CT molecular complexity index is 2770. The minimum absolute atomic E-state index is 0.0125. The number of phosphoric acid groups is 3. The van der Waals surface area contributed by atoms with Crippen LogP contribution < -0.4 is 33.6 Å². The van der Waals surface area contributed by atoms with Crippen LogP contribution in [0.3, 0.4) is 0 Å². The van der Waals surface area contributed by atoms with Gasteiger partial charge in [-0.05, 0) is 19.3 Å². The topological polar surface area (TPSA) is 535 Å². The first-order valence-corrected chi connectivity index (χ1v) is 27.6. The number of nitrogen functional groups attached to an aromatic ring is 2. The van der Waals surface area contributed by atoms with Crippen molar-refractivity contribution >= 4 is 86.1 Å². The van der Waals surface area contributed by atoms with Crippen molar-refractivity contribution < 1.29 is 95.4 Å². The highest BCUT2D eigenvalue weighted by Crippen LogP contribution is 2.61. The maximum Gasteiger partial charge on any atom is 0.481 e. The van der Waals surface area contributed by atoms with E-state index in [2.05, 4.69) is 49.4 Å². The lowest BCUT2D eigenvalue weighted by Gasteiger charge is -2.30. The highest BCUT2D eigenvalue weighted by Gasteiger charge is 2.51. The van der Waals surface area contributed by atoms with E-state index in [1.165, 1.54) is 31.1 Å². The standard InChI is InChI=1S/C36H57N14O20P3S/c1-36(2,11-66-73(63,64)70-72(61,62)65-10-19-26(69-71(58,59)60)25(54)34(68-19)50-15-48-22-29(40)44-13-46-31(22)50)27(55)32(56)42-6-5-20(51)41-7-8-74-35(57)17(38)4-3-16(37)9-18-23(52)24(53)33(67-18)49-14-47-21-28(39)43-12-45-30(21)49/h12-19,23-27,33-34,52-55H,3-11,37-38H2,1-2H3,(H,41,51)(H,42,56)(H,61,62)(H,63,64)(H2,39,43,45)(H2,40,44,46)(H2,58,59,60). The smallest absolute Gasteiger partial charge is 0.388 e. The van der Waals surface area contributed by atoms with Gasteiger partial charge < -0.3 is 83.0 Å². The number of carbonyl (C=O) groups is 3. The second-order valence-corrected chi connectivity index (χ2v) is 22.9. The van der Waals surface area contributed by atoms with Crippen LogP contribution in [0.1, 0.15) is 52.0 Å². The molecule has 0 bridgehead atoms. The van der Waals surface area contributed by atoms with E-state index in [0.29, 0.717) is 11.2 Å². The first-order valence-electron chi connectivity index (χ1n) is 22.1. The normalized spacial score (nSPS) is 25.4. The van der Waals surface area contributed by atoms with Gasteiger partial charge in [0.1, 0.15) is 60.3 Å². The fraction of sp³-hybridized carbons (Fsp3) is 0.639. The number of amides is 2. The zero-order valence-corrected chi connectivity index (χ0v) is 42.6. The molecule has 0 aliphatic carbocycles. The predicted molar refractivity (Wildman–Crippen MR) is 253 cm³/mol. The lowest BCUT2D eigenvalue weighted by molar-refractivity contribution is -0.137. The Balaban J connectivity index is 0.854. The molecule has 412 valence electrons. The number of thioether (sulfide) groups is 1. The SMILES string of the molecule is CC(C)(COP(=O)(O)OP(=O)(O)OCC1OC(n2cnc3c(N)ncnc32)C(O)C1OP(=O)(O)O)C(O)C(=O)NCCC(=O)NCCSC(=O)C(N)CCC(N)CC1OC(n2cnc3c(N)ncnc32)C(O)C1O. The molecule has 2 saturated heterocycles. The van der Waals surface area contributed by atoms with Crippen LogP contribution in [0.2, 0.25) is 0 Å². The number of ether oxygens (including phenoxy) is 2. The van der Waals surface area contributed by atoms with Gasteiger partial charge in [0.05, 0.1) is 38.0 Å². The van der Waals surface area contributed by atoms with Crippen LogP contribution >= 0.6 is 35.2 Å². The number of fused-ring (bicyclic) bond motifs is 2. The molecule has 0 spiro atoms. The quantitative estimate of drug-likeness (QED) is 0.0215. The van der Waals surface area contributed by atoms with E-state index in [0.717, 1.165) is 29.0 Å². The van der Waals surface area contributed by atoms with E-state index in [-0.39, 0.29) is 72.4 Å². The molecule has 13 atom stereocenters. The maximum atomic E-state index is 12.8. The Kier molecular flexibility index (Phi) is 19.4. The van der Waals surface area contributed by atoms with E-state index in [1.54, 1.807) is 0 Å². The van der Waals surface area contributed by atoms with Crippen molar-refractivity contribution in [1.29, 1.82) is 0 Å². The third-order valence-corrected chi connectivity index (χ3v) is 15.5. The molecule has 38 heteroatoms. The number of aromatic nitrogens is 8. The Labute approximate surface area is 422 Å². The number of aliphatic hydroxyl groups excluding tert-OH is 4. The number of phosphoric ester groups is 3. The molecule has 6 rings (SSSR count). The average Bonchev–Trinajstić information content (AvgIpc) is 4.09. The van der Waals surface area contributed by atoms with Gasteiger partial charge in [0.2, 0.25) is 16.9 Å². The van der Waals surface area contributed by atoms with E-state index >= 15 is 0 Å². The maximum absolute atomic E-state index is 12.8. The Hall–Kier alpha value is -4.29. The van der Waals surface area contributed by atoms with Crippen molar-refractivity contribution in [2.45, 2.75) is 107 Å². The van der Waals surface area contributed by atoms with Gasteiger partial charge in [0.25, 0.3) is 0 Å². The highest BCUT2D eigenvalue weighted by molar-refractivity contribution is 8.13. The van der Waals surface area contributed by atoms with Gasteiger partial charge in [-0.15, -0.1) is 0 Å². The molecular weight excluding hydrogens is 1070 g/mol. The molecule has 0 saturated carbocycles. The van der Waals surface area contributed by atoms with Crippen LogP contribution in [-0.2, 0) is 55.4 Å². The monoisotopic (exact) mass is 1130 g/mol. The van der Waals surface area contributed by atoms with Crippen LogP contribution in [-0.4, -0.2) is 183 Å². The van der Waals surface area contributed by atoms with Crippen molar-refractivity contribution in [3.63, 3.8) is 0 Å². The van der Waals surface area contributed by atoms with E-state index in [4.69, 9.17) is 41.5 Å². The van der Waals surface area contributed by atoms with Gasteiger partial charge in [-0.2, -0.15) is 4.31 Å². The second-order valence-electron chi connectivity index (χ2n) is 17.5. The number of nitrogens with one attached hydrogen (secondary N) is 2. The number of aliphatic hydroxyl groups is 4. The Morgan fingerprint density at radius 1 is 0.797 bits per heavy atom. The molecule has 2 amide bonds. The third-order valence-electron chi connectivity index (χ3n) is 11.4. The number of nitrogens with zero attached hydrogens (tertiary/aromatic N) is 8. The predicted octanol–water partition coefficient (Wildman–Crippen LogP) is -3.47. The summed E-state index contributed by atoms with van der Waals surface area (Å²) in [5, 5.41) is 47.5. The molecule has 74 heavy (non-hydrogen) atoms. The summed E-state index contributed by atoms with van der Waals surface area (Å²) in [6.07, 6.45) is -8.53. The molecule has 6 heterocycles. The second kappa shape index (κ2) is 24.4. The molecule has 18 N–H and O–H groups in total. The number of hydrogen-bond donors (Lipinski definition) is 14. The Morgan fingerprint density at radius 3 is 1.96 bits per heavy atom. The first kappa shape index (κ1) is 59.0. The largest absolute Gasteiger partial charge is 0.481 e. The molecule has 4 aromatic heterocycles. The van der Waals surface area contributed by atoms with Crippen LogP contribution in [0.4, 0.5) is 11.6 Å². The number of nitrogens with two attached hydrogens (primary N) is 4. The number of anilines is 2. The molecule has 34 nitrogen and oxygen atoms in total. The fourth-order valence-corrected chi connectivity index (χ4v) is 11.1. The summed E-state index contributed by atoms with van der Waals surface area (Å²) in [4.78, 5) is 101. The zero-order chi connectivity index (χ0) is 54.5. The summed E-state index contributed by atoms with van der Waals surface area (Å²) in [5.41, 5.74) is 23.0. The molecular formula is C36H57N14O20P3S. The lowest BCUT2D eigenvalue weighted by Crippen LogP contribution is -2.46. The summed E-state index contributed by atoms with van der Waals surface area (Å²) in [6, 6.07) is -1.47. The minimum Gasteiger partial charge on any atom is -0.388 e. The number of imidazole rings is 2. The van der Waals surface area contributed by atoms with Crippen molar-refractivity contribution in [1.82, 2.24) is 49.7 Å². The first-order chi connectivity index (χ1) is 34.6. The number of rotatable bonds is 26. The third kappa shape index (κ3) is 15.0. The molecule has 0 aromatic carbocycles. The molecule has 2 aliphatic heterocycles. The number of hydrogen-bond acceptors (Lipinski definition) is 27. The lowest BCUT2D eigenvalue weighted by atomic mass is 9.87. The molecule has 2 fully saturated rings. The van der Waals surface area contributed by atoms with Gasteiger partial charge in [0, 0.05) is 36.7 Å². The van der Waals surface area contributed by atoms with Gasteiger partial charge in [-0.25, -0.2) is 43.6 Å². The van der Waals surface area contributed by atoms with E-state index < -0.39 is 121 Å². The highest BCUT2D eigenvalue weighted by atomic mass is 32.2. The molecule has 2 aliphatic rings. The van der Waals surface area contributed by atoms with Crippen LogP contribution in [0.5, 0.6) is 0 Å². The van der Waals surface area contributed by atoms with Gasteiger partial charge >= 0.3 is 23.5 Å². The molecule has 13 unspecified atom stereocenters. The summed E-state index contributed by atoms with van der Waals surface area (Å²) in [6.45, 7) is 0.116. The van der Waals surface area contributed by atoms with Crippen LogP contribution in [0, 0.1) is 5.41 Å². The van der Waals surface area contributed by atoms with Crippen molar-refractivity contribution in [3.8, 4) is 0 Å². The average molecular weight is 1130 g/mol. The zero-order valence-electron chi connectivity index (χ0n) is 39.1. The van der Waals surface area contributed by atoms with Crippen molar-refractivity contribution in [2.75, 3.05) is 43.5 Å². The summed E-state index contributed by atoms with van der Waals surface area (Å²) >= 11 is 0.873. The summed E-state index contributed by atoms with van der Waals surface area (Å²) in [7, 11) is -16.5.